The molecule has 3 nitrogen and oxygen atoms in total. The molecule has 0 heterocycles. The number of benzene rings is 2. The number of rotatable bonds is 9. The van der Waals surface area contributed by atoms with Crippen LogP contribution in [-0.2, 0) is 29.1 Å². The lowest BCUT2D eigenvalue weighted by molar-refractivity contribution is 0.467. The van der Waals surface area contributed by atoms with Gasteiger partial charge in [-0.25, -0.2) is 8.42 Å². The first-order chi connectivity index (χ1) is 14.3. The standard InChI is InChI=1S/C24H31Cl2NO2S.ClH/c1-2-12-30(28,29)13-4-3-5-17-6-8-19-9-11-24(27)21(20(19)14-17)15-18-7-10-22(25)23(26)16-18;/h6-8,10,14,16,21,24H,2-5,9,11-13,15,27H2,1H3;1H. The predicted octanol–water partition coefficient (Wildman–Crippen LogP) is 6.16. The van der Waals surface area contributed by atoms with E-state index in [-0.39, 0.29) is 30.1 Å². The molecule has 0 aliphatic heterocycles. The first kappa shape index (κ1) is 26.5. The van der Waals surface area contributed by atoms with Crippen molar-refractivity contribution in [2.75, 3.05) is 11.5 Å². The molecule has 0 aromatic heterocycles. The van der Waals surface area contributed by atoms with Gasteiger partial charge in [-0.15, -0.1) is 12.4 Å². The summed E-state index contributed by atoms with van der Waals surface area (Å²) in [5, 5.41) is 1.14. The summed E-state index contributed by atoms with van der Waals surface area (Å²) in [7, 11) is -2.89. The molecule has 1 aliphatic carbocycles. The van der Waals surface area contributed by atoms with Gasteiger partial charge >= 0.3 is 0 Å². The minimum absolute atomic E-state index is 0. The van der Waals surface area contributed by atoms with E-state index in [1.165, 1.54) is 16.7 Å². The van der Waals surface area contributed by atoms with Crippen molar-refractivity contribution in [3.8, 4) is 0 Å². The molecule has 0 saturated heterocycles. The van der Waals surface area contributed by atoms with Gasteiger partial charge in [0.2, 0.25) is 0 Å². The molecule has 7 heteroatoms. The number of aryl methyl sites for hydroxylation is 2. The Kier molecular flexibility index (Phi) is 10.2. The average Bonchev–Trinajstić information content (AvgIpc) is 2.70. The fourth-order valence-electron chi connectivity index (χ4n) is 4.37. The number of hydrogen-bond acceptors (Lipinski definition) is 3. The Morgan fingerprint density at radius 1 is 1.00 bits per heavy atom. The molecule has 2 aromatic rings. The van der Waals surface area contributed by atoms with Crippen molar-refractivity contribution < 1.29 is 8.42 Å². The van der Waals surface area contributed by atoms with Crippen LogP contribution in [0.5, 0.6) is 0 Å². The van der Waals surface area contributed by atoms with Gasteiger partial charge in [-0.05, 0) is 79.3 Å². The SMILES string of the molecule is CCCS(=O)(=O)CCCCc1ccc2c(c1)C(Cc1ccc(Cl)c(Cl)c1)C(N)CC2.Cl. The van der Waals surface area contributed by atoms with Crippen molar-refractivity contribution in [1.29, 1.82) is 0 Å². The maximum absolute atomic E-state index is 11.9. The molecule has 0 radical (unpaired) electrons. The Morgan fingerprint density at radius 2 is 1.74 bits per heavy atom. The molecule has 0 amide bonds. The third kappa shape index (κ3) is 7.36. The van der Waals surface area contributed by atoms with Crippen molar-refractivity contribution in [2.24, 2.45) is 5.73 Å². The van der Waals surface area contributed by atoms with E-state index in [1.807, 2.05) is 25.1 Å². The van der Waals surface area contributed by atoms with Crippen molar-refractivity contribution in [1.82, 2.24) is 0 Å². The third-order valence-electron chi connectivity index (χ3n) is 6.00. The van der Waals surface area contributed by atoms with Crippen LogP contribution in [0.4, 0.5) is 0 Å². The minimum atomic E-state index is -2.89. The lowest BCUT2D eigenvalue weighted by Crippen LogP contribution is -2.34. The summed E-state index contributed by atoms with van der Waals surface area (Å²) in [6.45, 7) is 1.91. The van der Waals surface area contributed by atoms with E-state index in [0.717, 1.165) is 37.7 Å². The van der Waals surface area contributed by atoms with Crippen LogP contribution in [0.2, 0.25) is 10.0 Å². The highest BCUT2D eigenvalue weighted by Crippen LogP contribution is 2.35. The second-order valence-corrected chi connectivity index (χ2v) is 11.5. The fourth-order valence-corrected chi connectivity index (χ4v) is 6.16. The van der Waals surface area contributed by atoms with E-state index in [4.69, 9.17) is 28.9 Å². The van der Waals surface area contributed by atoms with Gasteiger partial charge in [-0.2, -0.15) is 0 Å². The van der Waals surface area contributed by atoms with Gasteiger partial charge < -0.3 is 5.73 Å². The molecule has 1 aliphatic rings. The molecule has 172 valence electrons. The highest BCUT2D eigenvalue weighted by Gasteiger charge is 2.27. The highest BCUT2D eigenvalue weighted by molar-refractivity contribution is 7.91. The summed E-state index contributed by atoms with van der Waals surface area (Å²) in [6, 6.07) is 12.6. The number of halogens is 3. The summed E-state index contributed by atoms with van der Waals surface area (Å²) < 4.78 is 23.8. The van der Waals surface area contributed by atoms with Crippen molar-refractivity contribution in [3.05, 3.63) is 68.7 Å². The highest BCUT2D eigenvalue weighted by atomic mass is 35.5. The summed E-state index contributed by atoms with van der Waals surface area (Å²) >= 11 is 12.3. The number of fused-ring (bicyclic) bond motifs is 1. The van der Waals surface area contributed by atoms with Gasteiger partial charge in [0.25, 0.3) is 0 Å². The van der Waals surface area contributed by atoms with E-state index in [1.54, 1.807) is 0 Å². The molecule has 0 bridgehead atoms. The van der Waals surface area contributed by atoms with Gasteiger partial charge in [0.15, 0.2) is 0 Å². The Bertz CT molecular complexity index is 979. The van der Waals surface area contributed by atoms with Gasteiger partial charge in [0.1, 0.15) is 9.84 Å². The van der Waals surface area contributed by atoms with Crippen LogP contribution in [0.1, 0.15) is 60.8 Å². The molecule has 2 aromatic carbocycles. The molecule has 2 N–H and O–H groups in total. The van der Waals surface area contributed by atoms with E-state index in [2.05, 4.69) is 18.2 Å². The number of hydrogen-bond donors (Lipinski definition) is 1. The van der Waals surface area contributed by atoms with Crippen LogP contribution in [-0.4, -0.2) is 26.0 Å². The van der Waals surface area contributed by atoms with Crippen LogP contribution in [0.15, 0.2) is 36.4 Å². The van der Waals surface area contributed by atoms with Crippen molar-refractivity contribution >= 4 is 45.4 Å². The Morgan fingerprint density at radius 3 is 2.45 bits per heavy atom. The molecule has 31 heavy (non-hydrogen) atoms. The zero-order valence-corrected chi connectivity index (χ0v) is 21.1. The van der Waals surface area contributed by atoms with Gasteiger partial charge in [-0.3, -0.25) is 0 Å². The summed E-state index contributed by atoms with van der Waals surface area (Å²) in [6.07, 6.45) is 6.00. The lowest BCUT2D eigenvalue weighted by Gasteiger charge is -2.32. The molecular weight excluding hydrogens is 473 g/mol. The fraction of sp³-hybridized carbons (Fsp3) is 0.500. The third-order valence-corrected chi connectivity index (χ3v) is 8.68. The Labute approximate surface area is 203 Å². The number of sulfone groups is 1. The quantitative estimate of drug-likeness (QED) is 0.416. The zero-order chi connectivity index (χ0) is 21.7. The Balaban J connectivity index is 0.00000341. The van der Waals surface area contributed by atoms with Crippen LogP contribution < -0.4 is 5.73 Å². The monoisotopic (exact) mass is 503 g/mol. The molecule has 0 saturated carbocycles. The minimum Gasteiger partial charge on any atom is -0.327 e. The van der Waals surface area contributed by atoms with Crippen LogP contribution in [0, 0.1) is 0 Å². The molecule has 0 fully saturated rings. The second kappa shape index (κ2) is 11.9. The van der Waals surface area contributed by atoms with E-state index in [0.29, 0.717) is 28.6 Å². The summed E-state index contributed by atoms with van der Waals surface area (Å²) in [5.74, 6) is 0.826. The summed E-state index contributed by atoms with van der Waals surface area (Å²) in [4.78, 5) is 0. The van der Waals surface area contributed by atoms with Crippen LogP contribution in [0.25, 0.3) is 0 Å². The normalized spacial score (nSPS) is 18.3. The topological polar surface area (TPSA) is 60.2 Å². The maximum atomic E-state index is 11.9. The molecule has 2 atom stereocenters. The molecule has 2 unspecified atom stereocenters. The van der Waals surface area contributed by atoms with Crippen LogP contribution >= 0.6 is 35.6 Å². The van der Waals surface area contributed by atoms with Crippen molar-refractivity contribution in [3.63, 3.8) is 0 Å². The van der Waals surface area contributed by atoms with Gasteiger partial charge in [-0.1, -0.05) is 54.4 Å². The summed E-state index contributed by atoms with van der Waals surface area (Å²) in [5.41, 5.74) is 11.6. The Hall–Kier alpha value is -0.780. The smallest absolute Gasteiger partial charge is 0.150 e. The van der Waals surface area contributed by atoms with Gasteiger partial charge in [0.05, 0.1) is 15.8 Å². The maximum Gasteiger partial charge on any atom is 0.150 e. The van der Waals surface area contributed by atoms with Gasteiger partial charge in [0, 0.05) is 17.7 Å². The molecule has 3 rings (SSSR count). The van der Waals surface area contributed by atoms with Crippen molar-refractivity contribution in [2.45, 2.75) is 63.8 Å². The first-order valence-electron chi connectivity index (χ1n) is 10.8. The molecular formula is C24H32Cl3NO2S. The van der Waals surface area contributed by atoms with E-state index < -0.39 is 9.84 Å². The lowest BCUT2D eigenvalue weighted by atomic mass is 9.76. The average molecular weight is 505 g/mol. The molecule has 0 spiro atoms. The number of unbranched alkanes of at least 4 members (excludes halogenated alkanes) is 1. The number of nitrogens with two attached hydrogens (primary N) is 1. The van der Waals surface area contributed by atoms with Crippen LogP contribution in [0.3, 0.4) is 0 Å². The zero-order valence-electron chi connectivity index (χ0n) is 17.9. The predicted molar refractivity (Wildman–Crippen MR) is 135 cm³/mol. The second-order valence-electron chi connectivity index (χ2n) is 8.40. The largest absolute Gasteiger partial charge is 0.327 e. The first-order valence-corrected chi connectivity index (χ1v) is 13.4. The van der Waals surface area contributed by atoms with E-state index >= 15 is 0 Å². The van der Waals surface area contributed by atoms with E-state index in [9.17, 15) is 8.42 Å².